The van der Waals surface area contributed by atoms with E-state index in [0.717, 1.165) is 11.4 Å². The van der Waals surface area contributed by atoms with Crippen molar-refractivity contribution in [2.75, 3.05) is 5.32 Å². The quantitative estimate of drug-likeness (QED) is 0.821. The van der Waals surface area contributed by atoms with E-state index in [2.05, 4.69) is 60.7 Å². The summed E-state index contributed by atoms with van der Waals surface area (Å²) < 4.78 is 0. The molecule has 3 nitrogen and oxygen atoms in total. The lowest BCUT2D eigenvalue weighted by molar-refractivity contribution is 0.471. The predicted octanol–water partition coefficient (Wildman–Crippen LogP) is 4.38. The first-order valence-electron chi connectivity index (χ1n) is 7.53. The maximum absolute atomic E-state index is 5.46. The van der Waals surface area contributed by atoms with E-state index in [0.29, 0.717) is 11.0 Å². The van der Waals surface area contributed by atoms with Gasteiger partial charge in [-0.1, -0.05) is 38.1 Å². The minimum Gasteiger partial charge on any atom is -0.355 e. The van der Waals surface area contributed by atoms with Gasteiger partial charge in [-0.2, -0.15) is 0 Å². The van der Waals surface area contributed by atoms with Crippen LogP contribution in [0.2, 0.25) is 0 Å². The normalized spacial score (nSPS) is 12.0. The maximum atomic E-state index is 5.46. The molecule has 1 heterocycles. The van der Waals surface area contributed by atoms with Gasteiger partial charge in [-0.15, -0.1) is 0 Å². The predicted molar refractivity (Wildman–Crippen MR) is 97.1 cm³/mol. The third-order valence-corrected chi connectivity index (χ3v) is 3.85. The number of anilines is 1. The summed E-state index contributed by atoms with van der Waals surface area (Å²) in [6, 6.07) is 12.5. The molecule has 0 unspecified atom stereocenters. The lowest BCUT2D eigenvalue weighted by Crippen LogP contribution is -2.35. The van der Waals surface area contributed by atoms with E-state index in [9.17, 15) is 0 Å². The zero-order chi connectivity index (χ0) is 16.1. The minimum atomic E-state index is 0.172. The van der Waals surface area contributed by atoms with E-state index in [1.165, 1.54) is 11.1 Å². The second kappa shape index (κ2) is 7.36. The summed E-state index contributed by atoms with van der Waals surface area (Å²) in [5.41, 5.74) is 3.70. The fourth-order valence-electron chi connectivity index (χ4n) is 2.44. The van der Waals surface area contributed by atoms with Crippen LogP contribution in [0.15, 0.2) is 42.6 Å². The molecule has 0 aliphatic rings. The topological polar surface area (TPSA) is 37.0 Å². The van der Waals surface area contributed by atoms with E-state index >= 15 is 0 Å². The van der Waals surface area contributed by atoms with Crippen molar-refractivity contribution in [1.82, 2.24) is 10.3 Å². The summed E-state index contributed by atoms with van der Waals surface area (Å²) in [6.45, 7) is 8.55. The van der Waals surface area contributed by atoms with Gasteiger partial charge in [-0.25, -0.2) is 4.98 Å². The van der Waals surface area contributed by atoms with Crippen LogP contribution >= 0.6 is 12.2 Å². The Hall–Kier alpha value is -1.94. The summed E-state index contributed by atoms with van der Waals surface area (Å²) >= 11 is 5.46. The number of hydrogen-bond acceptors (Lipinski definition) is 2. The van der Waals surface area contributed by atoms with Gasteiger partial charge in [0.2, 0.25) is 0 Å². The van der Waals surface area contributed by atoms with Crippen LogP contribution in [0, 0.1) is 19.8 Å². The summed E-state index contributed by atoms with van der Waals surface area (Å²) in [4.78, 5) is 4.28. The Labute approximate surface area is 138 Å². The standard InChI is InChI=1S/C18H23N3S/c1-12(2)17(15-8-6-5-7-14(15)4)21-18(22)20-16-11-13(3)9-10-19-16/h5-12,17H,1-4H3,(H2,19,20,21,22)/t17-/m1/s1. The molecule has 22 heavy (non-hydrogen) atoms. The number of nitrogens with one attached hydrogen (secondary N) is 2. The Morgan fingerprint density at radius 1 is 1.14 bits per heavy atom. The first kappa shape index (κ1) is 16.4. The molecule has 2 rings (SSSR count). The van der Waals surface area contributed by atoms with Gasteiger partial charge >= 0.3 is 0 Å². The second-order valence-corrected chi connectivity index (χ2v) is 6.30. The molecule has 0 saturated heterocycles. The second-order valence-electron chi connectivity index (χ2n) is 5.90. The smallest absolute Gasteiger partial charge is 0.172 e. The highest BCUT2D eigenvalue weighted by Gasteiger charge is 2.18. The zero-order valence-corrected chi connectivity index (χ0v) is 14.4. The van der Waals surface area contributed by atoms with E-state index < -0.39 is 0 Å². The summed E-state index contributed by atoms with van der Waals surface area (Å²) in [6.07, 6.45) is 1.78. The molecule has 0 spiro atoms. The summed E-state index contributed by atoms with van der Waals surface area (Å²) in [5, 5.41) is 7.19. The van der Waals surface area contributed by atoms with Crippen molar-refractivity contribution in [1.29, 1.82) is 0 Å². The van der Waals surface area contributed by atoms with Gasteiger partial charge in [0.1, 0.15) is 5.82 Å². The SMILES string of the molecule is Cc1ccnc(NC(=S)N[C@@H](c2ccccc2C)C(C)C)c1. The van der Waals surface area contributed by atoms with Gasteiger partial charge < -0.3 is 10.6 Å². The Kier molecular flexibility index (Phi) is 5.50. The first-order chi connectivity index (χ1) is 10.5. The van der Waals surface area contributed by atoms with Crippen LogP contribution in [0.4, 0.5) is 5.82 Å². The summed E-state index contributed by atoms with van der Waals surface area (Å²) in [5.74, 6) is 1.19. The molecule has 0 radical (unpaired) electrons. The number of aryl methyl sites for hydroxylation is 2. The van der Waals surface area contributed by atoms with Crippen molar-refractivity contribution in [3.8, 4) is 0 Å². The highest BCUT2D eigenvalue weighted by molar-refractivity contribution is 7.80. The fourth-order valence-corrected chi connectivity index (χ4v) is 2.67. The molecular weight excluding hydrogens is 290 g/mol. The van der Waals surface area contributed by atoms with Gasteiger partial charge in [0.05, 0.1) is 6.04 Å². The Morgan fingerprint density at radius 2 is 1.86 bits per heavy atom. The van der Waals surface area contributed by atoms with E-state index in [-0.39, 0.29) is 6.04 Å². The van der Waals surface area contributed by atoms with Gasteiger partial charge in [0, 0.05) is 6.20 Å². The average Bonchev–Trinajstić information content (AvgIpc) is 2.45. The lowest BCUT2D eigenvalue weighted by Gasteiger charge is -2.26. The zero-order valence-electron chi connectivity index (χ0n) is 13.6. The minimum absolute atomic E-state index is 0.172. The van der Waals surface area contributed by atoms with Crippen molar-refractivity contribution in [3.63, 3.8) is 0 Å². The molecule has 4 heteroatoms. The molecule has 0 saturated carbocycles. The van der Waals surface area contributed by atoms with E-state index in [1.54, 1.807) is 6.20 Å². The molecule has 116 valence electrons. The van der Waals surface area contributed by atoms with Crippen LogP contribution in [-0.2, 0) is 0 Å². The monoisotopic (exact) mass is 313 g/mol. The molecule has 2 aromatic rings. The van der Waals surface area contributed by atoms with Gasteiger partial charge in [-0.05, 0) is 60.8 Å². The summed E-state index contributed by atoms with van der Waals surface area (Å²) in [7, 11) is 0. The number of benzene rings is 1. The molecule has 1 aromatic carbocycles. The first-order valence-corrected chi connectivity index (χ1v) is 7.94. The van der Waals surface area contributed by atoms with Crippen LogP contribution in [0.1, 0.15) is 36.6 Å². The number of thiocarbonyl (C=S) groups is 1. The highest BCUT2D eigenvalue weighted by atomic mass is 32.1. The molecule has 1 aromatic heterocycles. The average molecular weight is 313 g/mol. The molecular formula is C18H23N3S. The Balaban J connectivity index is 2.11. The van der Waals surface area contributed by atoms with Gasteiger partial charge in [-0.3, -0.25) is 0 Å². The largest absolute Gasteiger partial charge is 0.355 e. The van der Waals surface area contributed by atoms with Crippen molar-refractivity contribution in [3.05, 3.63) is 59.3 Å². The van der Waals surface area contributed by atoms with Crippen LogP contribution in [0.5, 0.6) is 0 Å². The van der Waals surface area contributed by atoms with Crippen molar-refractivity contribution in [2.45, 2.75) is 33.7 Å². The molecule has 0 amide bonds. The van der Waals surface area contributed by atoms with E-state index in [4.69, 9.17) is 12.2 Å². The van der Waals surface area contributed by atoms with E-state index in [1.807, 2.05) is 19.1 Å². The fraction of sp³-hybridized carbons (Fsp3) is 0.333. The Morgan fingerprint density at radius 3 is 2.50 bits per heavy atom. The Bertz CT molecular complexity index is 652. The molecule has 0 bridgehead atoms. The maximum Gasteiger partial charge on any atom is 0.172 e. The van der Waals surface area contributed by atoms with Crippen LogP contribution in [-0.4, -0.2) is 10.1 Å². The molecule has 1 atom stereocenters. The number of nitrogens with zero attached hydrogens (tertiary/aromatic N) is 1. The molecule has 0 aliphatic heterocycles. The van der Waals surface area contributed by atoms with Crippen LogP contribution in [0.25, 0.3) is 0 Å². The number of hydrogen-bond donors (Lipinski definition) is 2. The van der Waals surface area contributed by atoms with Gasteiger partial charge in [0.15, 0.2) is 5.11 Å². The van der Waals surface area contributed by atoms with Crippen molar-refractivity contribution in [2.24, 2.45) is 5.92 Å². The lowest BCUT2D eigenvalue weighted by atomic mass is 9.93. The number of pyridine rings is 1. The third-order valence-electron chi connectivity index (χ3n) is 3.63. The van der Waals surface area contributed by atoms with Crippen molar-refractivity contribution < 1.29 is 0 Å². The van der Waals surface area contributed by atoms with Crippen molar-refractivity contribution >= 4 is 23.1 Å². The van der Waals surface area contributed by atoms with Gasteiger partial charge in [0.25, 0.3) is 0 Å². The third kappa shape index (κ3) is 4.28. The highest BCUT2D eigenvalue weighted by Crippen LogP contribution is 2.24. The molecule has 2 N–H and O–H groups in total. The van der Waals surface area contributed by atoms with Crippen LogP contribution < -0.4 is 10.6 Å². The number of rotatable bonds is 4. The molecule has 0 fully saturated rings. The van der Waals surface area contributed by atoms with Crippen LogP contribution in [0.3, 0.4) is 0 Å². The molecule has 0 aliphatic carbocycles. The number of aromatic nitrogens is 1.